The van der Waals surface area contributed by atoms with E-state index in [0.29, 0.717) is 5.56 Å². The number of hydrogen-bond donors (Lipinski definition) is 0. The molecule has 0 bridgehead atoms. The first-order valence-electron chi connectivity index (χ1n) is 9.26. The summed E-state index contributed by atoms with van der Waals surface area (Å²) in [6.07, 6.45) is 0.591. The molecule has 1 aliphatic rings. The second-order valence-electron chi connectivity index (χ2n) is 7.50. The van der Waals surface area contributed by atoms with Crippen molar-refractivity contribution in [1.29, 1.82) is 0 Å². The van der Waals surface area contributed by atoms with Gasteiger partial charge in [-0.1, -0.05) is 12.1 Å². The Morgan fingerprint density at radius 2 is 1.83 bits per heavy atom. The number of carbonyl (C=O) groups excluding carboxylic acids is 4. The fraction of sp³-hybridized carbons (Fsp3) is 0.429. The zero-order valence-electron chi connectivity index (χ0n) is 16.9. The summed E-state index contributed by atoms with van der Waals surface area (Å²) in [7, 11) is 0. The van der Waals surface area contributed by atoms with Crippen molar-refractivity contribution >= 4 is 29.7 Å². The van der Waals surface area contributed by atoms with Crippen molar-refractivity contribution < 1.29 is 33.0 Å². The largest absolute Gasteiger partial charge is 0.460 e. The second kappa shape index (κ2) is 8.98. The van der Waals surface area contributed by atoms with Gasteiger partial charge in [-0.15, -0.1) is 0 Å². The van der Waals surface area contributed by atoms with Gasteiger partial charge in [-0.05, 0) is 57.9 Å². The molecule has 29 heavy (non-hydrogen) atoms. The van der Waals surface area contributed by atoms with E-state index in [-0.39, 0.29) is 25.3 Å². The minimum absolute atomic E-state index is 0.00347. The molecule has 2 rings (SSSR count). The molecule has 0 radical (unpaired) electrons. The fourth-order valence-electron chi connectivity index (χ4n) is 2.79. The number of rotatable bonds is 4. The lowest BCUT2D eigenvalue weighted by Gasteiger charge is -2.33. The van der Waals surface area contributed by atoms with Crippen LogP contribution in [0.2, 0.25) is 0 Å². The van der Waals surface area contributed by atoms with Crippen LogP contribution in [0.4, 0.5) is 9.18 Å². The van der Waals surface area contributed by atoms with Crippen LogP contribution in [0.15, 0.2) is 30.0 Å². The Morgan fingerprint density at radius 3 is 2.38 bits per heavy atom. The Hall–Kier alpha value is -3.03. The molecule has 0 aliphatic carbocycles. The molecule has 1 atom stereocenters. The fourth-order valence-corrected chi connectivity index (χ4v) is 2.79. The molecule has 1 aromatic rings. The number of nitrogens with zero attached hydrogens (tertiary/aromatic N) is 1. The number of Topliss-reactive ketones (excluding diaryl/α,β-unsaturated/α-hetero) is 2. The lowest BCUT2D eigenvalue weighted by Crippen LogP contribution is -2.47. The minimum atomic E-state index is -1.25. The molecular formula is C21H24FNO6. The molecular weight excluding hydrogens is 381 g/mol. The molecule has 0 saturated carbocycles. The highest BCUT2D eigenvalue weighted by atomic mass is 19.1. The van der Waals surface area contributed by atoms with Crippen molar-refractivity contribution in [3.05, 3.63) is 41.3 Å². The van der Waals surface area contributed by atoms with E-state index in [1.165, 1.54) is 30.3 Å². The number of ketones is 2. The van der Waals surface area contributed by atoms with Gasteiger partial charge in [-0.25, -0.2) is 14.0 Å². The van der Waals surface area contributed by atoms with Gasteiger partial charge in [-0.3, -0.25) is 14.5 Å². The third-order valence-electron chi connectivity index (χ3n) is 4.08. The zero-order valence-corrected chi connectivity index (χ0v) is 16.9. The molecule has 0 spiro atoms. The Labute approximate surface area is 168 Å². The number of likely N-dealkylation sites (tertiary alicyclic amines) is 1. The lowest BCUT2D eigenvalue weighted by atomic mass is 9.88. The van der Waals surface area contributed by atoms with Gasteiger partial charge in [0.2, 0.25) is 0 Å². The van der Waals surface area contributed by atoms with Crippen LogP contribution in [0.25, 0.3) is 6.08 Å². The highest BCUT2D eigenvalue weighted by Gasteiger charge is 2.42. The van der Waals surface area contributed by atoms with Crippen molar-refractivity contribution in [1.82, 2.24) is 4.90 Å². The maximum Gasteiger partial charge on any atom is 0.414 e. The lowest BCUT2D eigenvalue weighted by molar-refractivity contribution is -0.157. The highest BCUT2D eigenvalue weighted by Crippen LogP contribution is 2.27. The first-order chi connectivity index (χ1) is 13.5. The Bertz CT molecular complexity index is 838. The van der Waals surface area contributed by atoms with Crippen molar-refractivity contribution in [3.8, 4) is 0 Å². The number of allylic oxidation sites excluding steroid dienone is 1. The molecule has 156 valence electrons. The van der Waals surface area contributed by atoms with Gasteiger partial charge in [-0.2, -0.15) is 0 Å². The average molecular weight is 405 g/mol. The molecule has 1 fully saturated rings. The first kappa shape index (κ1) is 22.3. The molecule has 1 heterocycles. The number of hydrogen-bond acceptors (Lipinski definition) is 6. The average Bonchev–Trinajstić information content (AvgIpc) is 2.63. The van der Waals surface area contributed by atoms with Gasteiger partial charge in [0.25, 0.3) is 5.78 Å². The third-order valence-corrected chi connectivity index (χ3v) is 4.08. The summed E-state index contributed by atoms with van der Waals surface area (Å²) in [4.78, 5) is 50.9. The molecule has 1 saturated heterocycles. The first-order valence-corrected chi connectivity index (χ1v) is 9.26. The van der Waals surface area contributed by atoms with E-state index in [1.54, 1.807) is 27.7 Å². The van der Waals surface area contributed by atoms with E-state index in [2.05, 4.69) is 0 Å². The van der Waals surface area contributed by atoms with E-state index in [0.717, 1.165) is 4.90 Å². The highest BCUT2D eigenvalue weighted by molar-refractivity contribution is 6.39. The Morgan fingerprint density at radius 1 is 1.21 bits per heavy atom. The number of halogens is 1. The van der Waals surface area contributed by atoms with Crippen molar-refractivity contribution in [2.45, 2.75) is 39.7 Å². The number of esters is 1. The van der Waals surface area contributed by atoms with Crippen LogP contribution in [-0.4, -0.2) is 47.3 Å². The van der Waals surface area contributed by atoms with Crippen molar-refractivity contribution in [2.75, 3.05) is 13.2 Å². The predicted molar refractivity (Wildman–Crippen MR) is 102 cm³/mol. The molecule has 1 amide bonds. The van der Waals surface area contributed by atoms with Crippen LogP contribution >= 0.6 is 0 Å². The smallest absolute Gasteiger partial charge is 0.414 e. The Kier molecular flexibility index (Phi) is 6.89. The summed E-state index contributed by atoms with van der Waals surface area (Å²) in [6.45, 7) is 6.63. The van der Waals surface area contributed by atoms with E-state index < -0.39 is 41.0 Å². The molecule has 1 aromatic carbocycles. The quantitative estimate of drug-likeness (QED) is 0.331. The normalized spacial score (nSPS) is 18.5. The van der Waals surface area contributed by atoms with Crippen molar-refractivity contribution in [2.24, 2.45) is 5.92 Å². The minimum Gasteiger partial charge on any atom is -0.460 e. The number of amides is 1. The van der Waals surface area contributed by atoms with E-state index in [1.807, 2.05) is 0 Å². The van der Waals surface area contributed by atoms with E-state index >= 15 is 0 Å². The zero-order chi connectivity index (χ0) is 21.8. The summed E-state index contributed by atoms with van der Waals surface area (Å²) >= 11 is 0. The number of benzene rings is 1. The third kappa shape index (κ3) is 5.73. The molecule has 0 aromatic heterocycles. The van der Waals surface area contributed by atoms with Crippen LogP contribution in [0.5, 0.6) is 0 Å². The summed E-state index contributed by atoms with van der Waals surface area (Å²) in [5.41, 5.74) is -0.439. The van der Waals surface area contributed by atoms with Gasteiger partial charge in [0.05, 0.1) is 18.2 Å². The van der Waals surface area contributed by atoms with E-state index in [9.17, 15) is 23.6 Å². The molecule has 8 heteroatoms. The standard InChI is InChI=1S/C21H24FNO6/c1-5-28-19(26)18(25)15-10-11-23(20(27)29-21(2,3)4)16(17(15)24)12-13-6-8-14(22)9-7-13/h6-9,12,15H,5,10-11H2,1-4H3/b16-12-. The summed E-state index contributed by atoms with van der Waals surface area (Å²) in [5.74, 6) is -4.44. The monoisotopic (exact) mass is 405 g/mol. The van der Waals surface area contributed by atoms with Crippen LogP contribution < -0.4 is 0 Å². The van der Waals surface area contributed by atoms with Crippen LogP contribution in [-0.2, 0) is 23.9 Å². The maximum atomic E-state index is 13.2. The maximum absolute atomic E-state index is 13.2. The molecule has 1 aliphatic heterocycles. The number of ether oxygens (including phenoxy) is 2. The molecule has 7 nitrogen and oxygen atoms in total. The SMILES string of the molecule is CCOC(=O)C(=O)C1CCN(C(=O)OC(C)(C)C)/C(=C\c2ccc(F)cc2)C1=O. The van der Waals surface area contributed by atoms with Gasteiger partial charge < -0.3 is 9.47 Å². The van der Waals surface area contributed by atoms with Gasteiger partial charge in [0, 0.05) is 6.54 Å². The van der Waals surface area contributed by atoms with Crippen LogP contribution in [0.1, 0.15) is 39.7 Å². The van der Waals surface area contributed by atoms with E-state index in [4.69, 9.17) is 9.47 Å². The predicted octanol–water partition coefficient (Wildman–Crippen LogP) is 3.12. The van der Waals surface area contributed by atoms with Gasteiger partial charge >= 0.3 is 12.1 Å². The number of carbonyl (C=O) groups is 4. The van der Waals surface area contributed by atoms with Gasteiger partial charge in [0.15, 0.2) is 5.78 Å². The summed E-state index contributed by atoms with van der Waals surface area (Å²) in [6, 6.07) is 5.27. The molecule has 0 N–H and O–H groups in total. The van der Waals surface area contributed by atoms with Crippen LogP contribution in [0.3, 0.4) is 0 Å². The van der Waals surface area contributed by atoms with Gasteiger partial charge in [0.1, 0.15) is 11.4 Å². The summed E-state index contributed by atoms with van der Waals surface area (Å²) < 4.78 is 23.3. The number of piperidine rings is 1. The second-order valence-corrected chi connectivity index (χ2v) is 7.50. The summed E-state index contributed by atoms with van der Waals surface area (Å²) in [5, 5.41) is 0. The Balaban J connectivity index is 2.40. The van der Waals surface area contributed by atoms with Crippen molar-refractivity contribution in [3.63, 3.8) is 0 Å². The van der Waals surface area contributed by atoms with Crippen LogP contribution in [0, 0.1) is 11.7 Å². The molecule has 1 unspecified atom stereocenters. The topological polar surface area (TPSA) is 90.0 Å².